The van der Waals surface area contributed by atoms with Crippen molar-refractivity contribution in [1.29, 1.82) is 0 Å². The number of nitrogens with zero attached hydrogens (tertiary/aromatic N) is 1. The molecular formula is C11H13NS2. The normalized spacial score (nSPS) is 9.07. The van der Waals surface area contributed by atoms with Crippen LogP contribution in [0.15, 0.2) is 40.7 Å². The van der Waals surface area contributed by atoms with Gasteiger partial charge in [0.05, 0.1) is 14.8 Å². The van der Waals surface area contributed by atoms with Crippen molar-refractivity contribution in [2.24, 2.45) is 0 Å². The van der Waals surface area contributed by atoms with Gasteiger partial charge >= 0.3 is 0 Å². The molecule has 0 unspecified atom stereocenters. The molecule has 0 amide bonds. The fourth-order valence-corrected chi connectivity index (χ4v) is 2.07. The van der Waals surface area contributed by atoms with Crippen molar-refractivity contribution in [3.63, 3.8) is 0 Å². The Kier molecular flexibility index (Phi) is 4.70. The fraction of sp³-hybridized carbons (Fsp3) is 0.182. The van der Waals surface area contributed by atoms with Crippen molar-refractivity contribution >= 4 is 24.0 Å². The first-order valence-corrected chi connectivity index (χ1v) is 5.83. The first kappa shape index (κ1) is 11.3. The Morgan fingerprint density at radius 3 is 2.43 bits per heavy atom. The molecule has 2 aromatic rings. The van der Waals surface area contributed by atoms with Crippen LogP contribution in [0, 0.1) is 0 Å². The molecular weight excluding hydrogens is 210 g/mol. The zero-order valence-corrected chi connectivity index (χ0v) is 9.98. The van der Waals surface area contributed by atoms with Gasteiger partial charge in [-0.1, -0.05) is 19.9 Å². The number of hydrogen-bond donors (Lipinski definition) is 1. The molecule has 2 aromatic heterocycles. The van der Waals surface area contributed by atoms with E-state index in [0.717, 1.165) is 9.90 Å². The van der Waals surface area contributed by atoms with Crippen molar-refractivity contribution in [1.82, 2.24) is 4.98 Å². The highest BCUT2D eigenvalue weighted by atomic mass is 32.2. The Balaban J connectivity index is 0.000000461. The first-order chi connectivity index (χ1) is 6.86. The summed E-state index contributed by atoms with van der Waals surface area (Å²) in [5, 5.41) is 0. The van der Waals surface area contributed by atoms with Crippen molar-refractivity contribution in [2.45, 2.75) is 18.1 Å². The largest absolute Gasteiger partial charge is 0.255 e. The predicted molar refractivity (Wildman–Crippen MR) is 66.2 cm³/mol. The fourth-order valence-electron chi connectivity index (χ4n) is 0.974. The van der Waals surface area contributed by atoms with Crippen molar-refractivity contribution in [3.8, 4) is 10.6 Å². The van der Waals surface area contributed by atoms with E-state index in [1.165, 1.54) is 4.88 Å². The number of rotatable bonds is 1. The molecule has 14 heavy (non-hydrogen) atoms. The van der Waals surface area contributed by atoms with E-state index in [0.29, 0.717) is 0 Å². The standard InChI is InChI=1S/C9H7NS2.C2H6/c11-9-5-4-8(12-9)7-3-1-2-6-10-7;1-2/h1-6,11H;1-2H3. The molecule has 0 aliphatic rings. The van der Waals surface area contributed by atoms with Gasteiger partial charge in [-0.15, -0.1) is 24.0 Å². The average Bonchev–Trinajstić information content (AvgIpc) is 2.69. The maximum atomic E-state index is 4.25. The van der Waals surface area contributed by atoms with Crippen molar-refractivity contribution in [3.05, 3.63) is 36.5 Å². The van der Waals surface area contributed by atoms with Gasteiger partial charge in [-0.05, 0) is 24.3 Å². The van der Waals surface area contributed by atoms with Gasteiger partial charge in [0.25, 0.3) is 0 Å². The SMILES string of the molecule is CC.Sc1ccc(-c2ccccn2)s1. The molecule has 0 atom stereocenters. The van der Waals surface area contributed by atoms with E-state index in [-0.39, 0.29) is 0 Å². The Morgan fingerprint density at radius 2 is 1.93 bits per heavy atom. The Morgan fingerprint density at radius 1 is 1.14 bits per heavy atom. The zero-order chi connectivity index (χ0) is 10.4. The number of thiophene rings is 1. The van der Waals surface area contributed by atoms with Crippen LogP contribution in [0.5, 0.6) is 0 Å². The lowest BCUT2D eigenvalue weighted by atomic mass is 10.3. The van der Waals surface area contributed by atoms with Crippen LogP contribution in [0.25, 0.3) is 10.6 Å². The van der Waals surface area contributed by atoms with Gasteiger partial charge in [0.2, 0.25) is 0 Å². The lowest BCUT2D eigenvalue weighted by Crippen LogP contribution is -1.75. The predicted octanol–water partition coefficient (Wildman–Crippen LogP) is 4.13. The Bertz CT molecular complexity index is 368. The monoisotopic (exact) mass is 223 g/mol. The van der Waals surface area contributed by atoms with Crippen LogP contribution in [0.4, 0.5) is 0 Å². The molecule has 0 bridgehead atoms. The van der Waals surface area contributed by atoms with E-state index >= 15 is 0 Å². The van der Waals surface area contributed by atoms with Gasteiger partial charge in [0.15, 0.2) is 0 Å². The zero-order valence-electron chi connectivity index (χ0n) is 8.27. The third-order valence-electron chi connectivity index (χ3n) is 1.51. The van der Waals surface area contributed by atoms with E-state index in [9.17, 15) is 0 Å². The summed E-state index contributed by atoms with van der Waals surface area (Å²) in [7, 11) is 0. The summed E-state index contributed by atoms with van der Waals surface area (Å²) >= 11 is 5.89. The van der Waals surface area contributed by atoms with Gasteiger partial charge in [-0.3, -0.25) is 4.98 Å². The molecule has 0 aliphatic carbocycles. The summed E-state index contributed by atoms with van der Waals surface area (Å²) in [6.45, 7) is 4.00. The van der Waals surface area contributed by atoms with Crippen LogP contribution in [0.2, 0.25) is 0 Å². The summed E-state index contributed by atoms with van der Waals surface area (Å²) in [6.07, 6.45) is 1.80. The quantitative estimate of drug-likeness (QED) is 0.717. The smallest absolute Gasteiger partial charge is 0.0802 e. The van der Waals surface area contributed by atoms with Gasteiger partial charge in [0.1, 0.15) is 0 Å². The maximum Gasteiger partial charge on any atom is 0.0802 e. The molecule has 0 radical (unpaired) electrons. The highest BCUT2D eigenvalue weighted by molar-refractivity contribution is 7.83. The third kappa shape index (κ3) is 2.86. The maximum absolute atomic E-state index is 4.25. The molecule has 0 saturated carbocycles. The van der Waals surface area contributed by atoms with Crippen LogP contribution in [-0.4, -0.2) is 4.98 Å². The summed E-state index contributed by atoms with van der Waals surface area (Å²) in [6, 6.07) is 9.92. The lowest BCUT2D eigenvalue weighted by Gasteiger charge is -1.92. The molecule has 1 nitrogen and oxygen atoms in total. The van der Waals surface area contributed by atoms with E-state index in [4.69, 9.17) is 0 Å². The van der Waals surface area contributed by atoms with Crippen LogP contribution >= 0.6 is 24.0 Å². The van der Waals surface area contributed by atoms with Crippen LogP contribution in [0.1, 0.15) is 13.8 Å². The molecule has 0 N–H and O–H groups in total. The van der Waals surface area contributed by atoms with E-state index in [1.54, 1.807) is 17.5 Å². The van der Waals surface area contributed by atoms with Gasteiger partial charge in [-0.25, -0.2) is 0 Å². The van der Waals surface area contributed by atoms with Crippen molar-refractivity contribution in [2.75, 3.05) is 0 Å². The van der Waals surface area contributed by atoms with E-state index in [1.807, 2.05) is 44.2 Å². The number of pyridine rings is 1. The average molecular weight is 223 g/mol. The number of hydrogen-bond acceptors (Lipinski definition) is 3. The second-order valence-corrected chi connectivity index (χ2v) is 4.22. The molecule has 2 heterocycles. The second kappa shape index (κ2) is 5.83. The number of aromatic nitrogens is 1. The molecule has 2 rings (SSSR count). The molecule has 0 aromatic carbocycles. The highest BCUT2D eigenvalue weighted by Gasteiger charge is 1.99. The van der Waals surface area contributed by atoms with Gasteiger partial charge < -0.3 is 0 Å². The molecule has 3 heteroatoms. The number of thiol groups is 1. The minimum absolute atomic E-state index is 1.02. The molecule has 0 fully saturated rings. The van der Waals surface area contributed by atoms with Gasteiger partial charge in [0, 0.05) is 6.20 Å². The van der Waals surface area contributed by atoms with Crippen LogP contribution in [0.3, 0.4) is 0 Å². The molecule has 0 aliphatic heterocycles. The summed E-state index contributed by atoms with van der Waals surface area (Å²) in [5.74, 6) is 0. The Hall–Kier alpha value is -0.800. The van der Waals surface area contributed by atoms with Crippen molar-refractivity contribution < 1.29 is 0 Å². The molecule has 0 spiro atoms. The highest BCUT2D eigenvalue weighted by Crippen LogP contribution is 2.27. The minimum Gasteiger partial charge on any atom is -0.255 e. The topological polar surface area (TPSA) is 12.9 Å². The third-order valence-corrected chi connectivity index (χ3v) is 2.84. The lowest BCUT2D eigenvalue weighted by molar-refractivity contribution is 1.34. The molecule has 0 saturated heterocycles. The Labute approximate surface area is 94.2 Å². The minimum atomic E-state index is 1.02. The second-order valence-electron chi connectivity index (χ2n) is 2.35. The summed E-state index contributed by atoms with van der Waals surface area (Å²) in [4.78, 5) is 5.41. The summed E-state index contributed by atoms with van der Waals surface area (Å²) < 4.78 is 1.02. The van der Waals surface area contributed by atoms with Crippen LogP contribution < -0.4 is 0 Å². The first-order valence-electron chi connectivity index (χ1n) is 4.56. The van der Waals surface area contributed by atoms with E-state index < -0.39 is 0 Å². The molecule has 74 valence electrons. The van der Waals surface area contributed by atoms with Crippen LogP contribution in [-0.2, 0) is 0 Å². The van der Waals surface area contributed by atoms with E-state index in [2.05, 4.69) is 17.6 Å². The summed E-state index contributed by atoms with van der Waals surface area (Å²) in [5.41, 5.74) is 1.02. The van der Waals surface area contributed by atoms with Gasteiger partial charge in [-0.2, -0.15) is 0 Å².